The lowest BCUT2D eigenvalue weighted by molar-refractivity contribution is -0.133. The second-order valence-electron chi connectivity index (χ2n) is 11.3. The molecule has 4 rings (SSSR count). The summed E-state index contributed by atoms with van der Waals surface area (Å²) >= 11 is 0. The molecule has 7 unspecified atom stereocenters. The molecule has 0 spiro atoms. The van der Waals surface area contributed by atoms with E-state index in [1.165, 1.54) is 19.3 Å². The van der Waals surface area contributed by atoms with Crippen molar-refractivity contribution < 1.29 is 9.53 Å². The highest BCUT2D eigenvalue weighted by atomic mass is 16.5. The first-order valence-corrected chi connectivity index (χ1v) is 11.2. The van der Waals surface area contributed by atoms with Crippen LogP contribution in [0.2, 0.25) is 0 Å². The molecule has 0 aromatic carbocycles. The Hall–Kier alpha value is -1.32. The van der Waals surface area contributed by atoms with Crippen molar-refractivity contribution >= 4 is 11.8 Å². The lowest BCUT2D eigenvalue weighted by Crippen LogP contribution is -2.55. The van der Waals surface area contributed by atoms with Crippen molar-refractivity contribution in [3.05, 3.63) is 12.2 Å². The summed E-state index contributed by atoms with van der Waals surface area (Å²) in [6.45, 7) is 11.1. The van der Waals surface area contributed by atoms with Crippen LogP contribution in [0.25, 0.3) is 0 Å². The molecule has 1 aliphatic heterocycles. The van der Waals surface area contributed by atoms with Crippen LogP contribution >= 0.6 is 0 Å². The lowest BCUT2D eigenvalue weighted by Gasteiger charge is -2.57. The highest BCUT2D eigenvalue weighted by Gasteiger charge is 2.60. The number of hydrogen-bond acceptors (Lipinski definition) is 3. The average Bonchev–Trinajstić information content (AvgIpc) is 2.97. The third-order valence-electron chi connectivity index (χ3n) is 8.62. The van der Waals surface area contributed by atoms with E-state index in [9.17, 15) is 4.79 Å². The van der Waals surface area contributed by atoms with Gasteiger partial charge in [0.15, 0.2) is 0 Å². The molecule has 4 aliphatic rings. The van der Waals surface area contributed by atoms with Gasteiger partial charge in [0, 0.05) is 16.9 Å². The quantitative estimate of drug-likeness (QED) is 0.707. The maximum Gasteiger partial charge on any atom is 0.224 e. The van der Waals surface area contributed by atoms with Crippen molar-refractivity contribution in [3.63, 3.8) is 0 Å². The van der Waals surface area contributed by atoms with Crippen LogP contribution in [0.1, 0.15) is 73.1 Å². The number of methoxy groups -OCH3 is 1. The van der Waals surface area contributed by atoms with Crippen LogP contribution in [0, 0.1) is 34.5 Å². The van der Waals surface area contributed by atoms with Gasteiger partial charge in [-0.25, -0.2) is 4.99 Å². The minimum atomic E-state index is -0.155. The lowest BCUT2D eigenvalue weighted by atomic mass is 9.48. The van der Waals surface area contributed by atoms with Crippen molar-refractivity contribution in [1.29, 1.82) is 0 Å². The Morgan fingerprint density at radius 2 is 1.89 bits per heavy atom. The topological polar surface area (TPSA) is 50.7 Å². The van der Waals surface area contributed by atoms with E-state index in [0.29, 0.717) is 17.9 Å². The molecule has 4 nitrogen and oxygen atoms in total. The standard InChI is InChI=1S/C24H38N2O2/c1-22(2,3)26-21(27)18-9-8-16-15-7-10-19-24(5,14-12-20(25-19)28-6)17(15)11-13-23(16,18)4/h12,14-19H,7-11,13H2,1-6H3,(H,26,27). The summed E-state index contributed by atoms with van der Waals surface area (Å²) in [4.78, 5) is 18.0. The fourth-order valence-corrected chi connectivity index (χ4v) is 7.26. The van der Waals surface area contributed by atoms with Gasteiger partial charge in [0.2, 0.25) is 11.8 Å². The first kappa shape index (κ1) is 20.0. The molecule has 4 heteroatoms. The van der Waals surface area contributed by atoms with Crippen LogP contribution in [-0.2, 0) is 9.53 Å². The van der Waals surface area contributed by atoms with Crippen molar-refractivity contribution in [1.82, 2.24) is 5.32 Å². The van der Waals surface area contributed by atoms with E-state index in [4.69, 9.17) is 9.73 Å². The molecule has 3 fully saturated rings. The maximum atomic E-state index is 13.1. The highest BCUT2D eigenvalue weighted by Crippen LogP contribution is 2.65. The van der Waals surface area contributed by atoms with E-state index in [0.717, 1.165) is 31.1 Å². The van der Waals surface area contributed by atoms with E-state index < -0.39 is 0 Å². The van der Waals surface area contributed by atoms with Gasteiger partial charge >= 0.3 is 0 Å². The molecule has 0 saturated heterocycles. The number of aliphatic imine (C=N–C) groups is 1. The summed E-state index contributed by atoms with van der Waals surface area (Å²) < 4.78 is 5.41. The zero-order valence-electron chi connectivity index (χ0n) is 18.5. The number of nitrogens with one attached hydrogen (secondary N) is 1. The van der Waals surface area contributed by atoms with Gasteiger partial charge in [-0.2, -0.15) is 0 Å². The Morgan fingerprint density at radius 3 is 2.57 bits per heavy atom. The highest BCUT2D eigenvalue weighted by molar-refractivity contribution is 5.88. The van der Waals surface area contributed by atoms with Gasteiger partial charge < -0.3 is 10.1 Å². The van der Waals surface area contributed by atoms with E-state index >= 15 is 0 Å². The second-order valence-corrected chi connectivity index (χ2v) is 11.3. The smallest absolute Gasteiger partial charge is 0.224 e. The van der Waals surface area contributed by atoms with Gasteiger partial charge in [0.1, 0.15) is 0 Å². The Morgan fingerprint density at radius 1 is 1.14 bits per heavy atom. The molecule has 156 valence electrons. The minimum Gasteiger partial charge on any atom is -0.481 e. The van der Waals surface area contributed by atoms with Crippen molar-refractivity contribution in [3.8, 4) is 0 Å². The summed E-state index contributed by atoms with van der Waals surface area (Å²) in [6, 6.07) is 0.347. The number of amides is 1. The Kier molecular flexibility index (Phi) is 4.71. The molecule has 0 aromatic rings. The molecular formula is C24H38N2O2. The van der Waals surface area contributed by atoms with Gasteiger partial charge in [-0.3, -0.25) is 4.79 Å². The molecule has 3 aliphatic carbocycles. The molecule has 7 atom stereocenters. The monoisotopic (exact) mass is 386 g/mol. The molecule has 1 amide bonds. The van der Waals surface area contributed by atoms with Crippen molar-refractivity contribution in [2.45, 2.75) is 84.7 Å². The number of dihydropyridines is 1. The van der Waals surface area contributed by atoms with E-state index in [1.807, 2.05) is 0 Å². The van der Waals surface area contributed by atoms with E-state index in [1.54, 1.807) is 7.11 Å². The molecule has 3 saturated carbocycles. The molecule has 0 radical (unpaired) electrons. The summed E-state index contributed by atoms with van der Waals surface area (Å²) in [5, 5.41) is 3.27. The zero-order chi connectivity index (χ0) is 20.3. The number of rotatable bonds is 1. The van der Waals surface area contributed by atoms with Crippen LogP contribution in [-0.4, -0.2) is 30.5 Å². The Bertz CT molecular complexity index is 706. The van der Waals surface area contributed by atoms with Gasteiger partial charge in [0.25, 0.3) is 0 Å². The number of carbonyl (C=O) groups excluding carboxylic acids is 1. The molecular weight excluding hydrogens is 348 g/mol. The fraction of sp³-hybridized carbons (Fsp3) is 0.833. The molecule has 1 heterocycles. The predicted molar refractivity (Wildman–Crippen MR) is 113 cm³/mol. The minimum absolute atomic E-state index is 0.137. The summed E-state index contributed by atoms with van der Waals surface area (Å²) in [5.41, 5.74) is 0.134. The maximum absolute atomic E-state index is 13.1. The van der Waals surface area contributed by atoms with E-state index in [2.05, 4.69) is 52.1 Å². The van der Waals surface area contributed by atoms with Crippen LogP contribution < -0.4 is 5.32 Å². The Balaban J connectivity index is 1.56. The van der Waals surface area contributed by atoms with Crippen LogP contribution in [0.4, 0.5) is 0 Å². The van der Waals surface area contributed by atoms with Crippen LogP contribution in [0.5, 0.6) is 0 Å². The first-order valence-electron chi connectivity index (χ1n) is 11.2. The SMILES string of the molecule is COC1=NC2CCC3C(CCC4(C)C(C(=O)NC(C)(C)C)CCC34)C2(C)C=C1. The summed E-state index contributed by atoms with van der Waals surface area (Å²) in [7, 11) is 1.71. The third kappa shape index (κ3) is 3.02. The molecule has 0 aromatic heterocycles. The summed E-state index contributed by atoms with van der Waals surface area (Å²) in [5.74, 6) is 3.29. The van der Waals surface area contributed by atoms with Crippen LogP contribution in [0.15, 0.2) is 17.1 Å². The molecule has 28 heavy (non-hydrogen) atoms. The van der Waals surface area contributed by atoms with Gasteiger partial charge in [0.05, 0.1) is 13.2 Å². The molecule has 0 bridgehead atoms. The average molecular weight is 387 g/mol. The first-order chi connectivity index (χ1) is 13.1. The van der Waals surface area contributed by atoms with Gasteiger partial charge in [-0.15, -0.1) is 0 Å². The number of fused-ring (bicyclic) bond motifs is 5. The number of nitrogens with zero attached hydrogens (tertiary/aromatic N) is 1. The summed E-state index contributed by atoms with van der Waals surface area (Å²) in [6.07, 6.45) is 11.5. The zero-order valence-corrected chi connectivity index (χ0v) is 18.5. The van der Waals surface area contributed by atoms with Crippen molar-refractivity contribution in [2.75, 3.05) is 7.11 Å². The van der Waals surface area contributed by atoms with Gasteiger partial charge in [-0.1, -0.05) is 19.9 Å². The van der Waals surface area contributed by atoms with Crippen molar-refractivity contribution in [2.24, 2.45) is 39.5 Å². The second kappa shape index (κ2) is 6.60. The number of hydrogen-bond donors (Lipinski definition) is 1. The largest absolute Gasteiger partial charge is 0.481 e. The number of ether oxygens (including phenoxy) is 1. The van der Waals surface area contributed by atoms with Gasteiger partial charge in [-0.05, 0) is 88.5 Å². The van der Waals surface area contributed by atoms with E-state index in [-0.39, 0.29) is 28.2 Å². The molecule has 1 N–H and O–H groups in total. The fourth-order valence-electron chi connectivity index (χ4n) is 7.26. The number of carbonyl (C=O) groups is 1. The normalized spacial score (nSPS) is 44.8. The van der Waals surface area contributed by atoms with Crippen LogP contribution in [0.3, 0.4) is 0 Å². The third-order valence-corrected chi connectivity index (χ3v) is 8.62. The predicted octanol–water partition coefficient (Wildman–Crippen LogP) is 4.74. The Labute approximate surface area is 170 Å².